The summed E-state index contributed by atoms with van der Waals surface area (Å²) in [5, 5.41) is 0. The fourth-order valence-electron chi connectivity index (χ4n) is 0.0546. The summed E-state index contributed by atoms with van der Waals surface area (Å²) >= 11 is 2.06. The number of hydrogen-bond donors (Lipinski definition) is 2. The Hall–Kier alpha value is 1.57. The molecule has 0 atom stereocenters. The van der Waals surface area contributed by atoms with Gasteiger partial charge in [-0.2, -0.15) is 0 Å². The zero-order chi connectivity index (χ0) is 4.12. The average Bonchev–Trinajstić information content (AvgIpc) is 1.41. The van der Waals surface area contributed by atoms with Gasteiger partial charge < -0.3 is 5.73 Å². The van der Waals surface area contributed by atoms with Crippen molar-refractivity contribution < 1.29 is 0 Å². The molecule has 0 aromatic carbocycles. The minimum atomic E-state index is 0. The summed E-state index contributed by atoms with van der Waals surface area (Å²) in [7, 11) is 0. The molecule has 0 aliphatic heterocycles. The normalized spacial score (nSPS) is 7.00. The van der Waals surface area contributed by atoms with Crippen LogP contribution in [0.25, 0.3) is 0 Å². The Morgan fingerprint density at radius 1 is 1.67 bits per heavy atom. The number of halogens is 1. The maximum atomic E-state index is 5.07. The molecule has 0 amide bonds. The molecular formula is C2H9IN2Pb. The van der Waals surface area contributed by atoms with Gasteiger partial charge in [-0.15, -0.1) is 0 Å². The number of hydrogen-bond acceptors (Lipinski definition) is 2. The molecule has 3 N–H and O–H groups in total. The minimum absolute atomic E-state index is 0. The molecule has 0 bridgehead atoms. The Morgan fingerprint density at radius 2 is 2.17 bits per heavy atom. The number of nitrogens with two attached hydrogens (primary N) is 1. The molecule has 2 radical (unpaired) electrons. The van der Waals surface area contributed by atoms with Gasteiger partial charge in [-0.3, -0.25) is 3.53 Å². The van der Waals surface area contributed by atoms with Crippen LogP contribution >= 0.6 is 22.9 Å². The molecule has 0 aromatic rings. The topological polar surface area (TPSA) is 38.0 Å². The van der Waals surface area contributed by atoms with Gasteiger partial charge in [0.25, 0.3) is 0 Å². The summed E-state index contributed by atoms with van der Waals surface area (Å²) in [6, 6.07) is 0. The van der Waals surface area contributed by atoms with Crippen molar-refractivity contribution in [2.45, 2.75) is 0 Å². The van der Waals surface area contributed by atoms with Gasteiger partial charge in [0.1, 0.15) is 0 Å². The Labute approximate surface area is 71.9 Å². The third-order valence-corrected chi connectivity index (χ3v) is 0.778. The molecular weight excluding hydrogens is 386 g/mol. The van der Waals surface area contributed by atoms with E-state index in [0.29, 0.717) is 0 Å². The van der Waals surface area contributed by atoms with E-state index in [1.807, 2.05) is 0 Å². The van der Waals surface area contributed by atoms with Crippen molar-refractivity contribution in [1.29, 1.82) is 0 Å². The maximum absolute atomic E-state index is 5.07. The van der Waals surface area contributed by atoms with Crippen LogP contribution in [0.2, 0.25) is 0 Å². The first-order valence-electron chi connectivity index (χ1n) is 1.45. The van der Waals surface area contributed by atoms with Crippen LogP contribution in [0.1, 0.15) is 0 Å². The molecule has 0 spiro atoms. The molecule has 2 nitrogen and oxygen atoms in total. The molecule has 0 rings (SSSR count). The molecule has 4 heteroatoms. The number of rotatable bonds is 2. The summed E-state index contributed by atoms with van der Waals surface area (Å²) in [5.41, 5.74) is 5.07. The Bertz CT molecular complexity index is 19.0. The molecule has 0 aromatic heterocycles. The van der Waals surface area contributed by atoms with E-state index in [9.17, 15) is 0 Å². The van der Waals surface area contributed by atoms with Crippen molar-refractivity contribution in [2.75, 3.05) is 13.1 Å². The molecule has 0 saturated heterocycles. The fourth-order valence-corrected chi connectivity index (χ4v) is 0.366. The molecule has 0 unspecified atom stereocenters. The molecule has 0 aliphatic rings. The van der Waals surface area contributed by atoms with E-state index in [2.05, 4.69) is 26.4 Å². The summed E-state index contributed by atoms with van der Waals surface area (Å²) in [6.07, 6.45) is 0. The zero-order valence-electron chi connectivity index (χ0n) is 3.58. The van der Waals surface area contributed by atoms with E-state index >= 15 is 0 Å². The van der Waals surface area contributed by atoms with Gasteiger partial charge >= 0.3 is 27.3 Å². The predicted molar refractivity (Wildman–Crippen MR) is 39.6 cm³/mol. The summed E-state index contributed by atoms with van der Waals surface area (Å²) in [6.45, 7) is 1.63. The van der Waals surface area contributed by atoms with E-state index in [0.717, 1.165) is 13.1 Å². The van der Waals surface area contributed by atoms with Gasteiger partial charge in [0.2, 0.25) is 0 Å². The van der Waals surface area contributed by atoms with E-state index in [1.54, 1.807) is 0 Å². The second kappa shape index (κ2) is 9.76. The van der Waals surface area contributed by atoms with Crippen molar-refractivity contribution in [3.63, 3.8) is 0 Å². The SMILES string of the molecule is NCCNI.[PbH2]. The summed E-state index contributed by atoms with van der Waals surface area (Å²) in [4.78, 5) is 0. The third-order valence-electron chi connectivity index (χ3n) is 0.239. The summed E-state index contributed by atoms with van der Waals surface area (Å²) < 4.78 is 2.86. The van der Waals surface area contributed by atoms with E-state index in [1.165, 1.54) is 0 Å². The van der Waals surface area contributed by atoms with Crippen molar-refractivity contribution in [1.82, 2.24) is 3.53 Å². The first kappa shape index (κ1) is 10.5. The van der Waals surface area contributed by atoms with Crippen molar-refractivity contribution in [2.24, 2.45) is 5.73 Å². The quantitative estimate of drug-likeness (QED) is 0.357. The van der Waals surface area contributed by atoms with E-state index in [4.69, 9.17) is 5.73 Å². The molecule has 0 aliphatic carbocycles. The van der Waals surface area contributed by atoms with Gasteiger partial charge in [0.05, 0.1) is 0 Å². The zero-order valence-corrected chi connectivity index (χ0v) is 11.2. The van der Waals surface area contributed by atoms with Crippen LogP contribution < -0.4 is 9.26 Å². The monoisotopic (exact) mass is 396 g/mol. The van der Waals surface area contributed by atoms with Gasteiger partial charge in [0.15, 0.2) is 0 Å². The first-order chi connectivity index (χ1) is 2.41. The van der Waals surface area contributed by atoms with Gasteiger partial charge in [-0.05, 0) is 0 Å². The molecule has 0 heterocycles. The second-order valence-electron chi connectivity index (χ2n) is 0.672. The van der Waals surface area contributed by atoms with Crippen LogP contribution in [0.5, 0.6) is 0 Å². The summed E-state index contributed by atoms with van der Waals surface area (Å²) in [5.74, 6) is 0. The van der Waals surface area contributed by atoms with Crippen molar-refractivity contribution in [3.8, 4) is 0 Å². The second-order valence-corrected chi connectivity index (χ2v) is 1.44. The predicted octanol–water partition coefficient (Wildman–Crippen LogP) is -1.03. The third kappa shape index (κ3) is 9.13. The first-order valence-corrected chi connectivity index (χ1v) is 2.53. The van der Waals surface area contributed by atoms with Crippen LogP contribution in [0.15, 0.2) is 0 Å². The Kier molecular flexibility index (Phi) is 17.1. The van der Waals surface area contributed by atoms with Crippen LogP contribution in [-0.4, -0.2) is 40.4 Å². The standard InChI is InChI=1S/C2H7IN2.Pb.2H/c3-5-2-1-4;;;/h5H,1-2,4H2;;;. The molecule has 0 fully saturated rings. The van der Waals surface area contributed by atoms with Crippen molar-refractivity contribution >= 4 is 50.2 Å². The van der Waals surface area contributed by atoms with E-state index in [-0.39, 0.29) is 27.3 Å². The molecule has 0 saturated carbocycles. The van der Waals surface area contributed by atoms with Gasteiger partial charge in [0, 0.05) is 36.0 Å². The van der Waals surface area contributed by atoms with Crippen LogP contribution in [0.4, 0.5) is 0 Å². The van der Waals surface area contributed by atoms with Crippen LogP contribution in [0, 0.1) is 0 Å². The average molecular weight is 395 g/mol. The van der Waals surface area contributed by atoms with Gasteiger partial charge in [-0.1, -0.05) is 0 Å². The number of nitrogens with one attached hydrogen (secondary N) is 1. The van der Waals surface area contributed by atoms with Crippen molar-refractivity contribution in [3.05, 3.63) is 0 Å². The van der Waals surface area contributed by atoms with Crippen LogP contribution in [0.3, 0.4) is 0 Å². The molecule has 6 heavy (non-hydrogen) atoms. The molecule has 38 valence electrons. The van der Waals surface area contributed by atoms with Crippen LogP contribution in [-0.2, 0) is 0 Å². The Morgan fingerprint density at radius 3 is 2.17 bits per heavy atom. The van der Waals surface area contributed by atoms with Gasteiger partial charge in [-0.25, -0.2) is 0 Å². The Balaban J connectivity index is 0. The van der Waals surface area contributed by atoms with E-state index < -0.39 is 0 Å². The fraction of sp³-hybridized carbons (Fsp3) is 1.00.